The van der Waals surface area contributed by atoms with Crippen LogP contribution >= 0.6 is 0 Å². The summed E-state index contributed by atoms with van der Waals surface area (Å²) in [5, 5.41) is 0. The fraction of sp³-hybridized carbons (Fsp3) is 0.294. The van der Waals surface area contributed by atoms with Crippen LogP contribution in [0.3, 0.4) is 0 Å². The van der Waals surface area contributed by atoms with Crippen molar-refractivity contribution in [2.75, 3.05) is 18.1 Å². The number of nitrogens with zero attached hydrogens (tertiary/aromatic N) is 1. The molecule has 0 fully saturated rings. The van der Waals surface area contributed by atoms with Crippen LogP contribution in [0.1, 0.15) is 24.1 Å². The van der Waals surface area contributed by atoms with Crippen molar-refractivity contribution in [1.29, 1.82) is 0 Å². The molecule has 0 unspecified atom stereocenters. The smallest absolute Gasteiger partial charge is 0.124 e. The third kappa shape index (κ3) is 2.49. The van der Waals surface area contributed by atoms with E-state index in [-0.39, 0.29) is 6.04 Å². The summed E-state index contributed by atoms with van der Waals surface area (Å²) in [6.45, 7) is 4.46. The van der Waals surface area contributed by atoms with Gasteiger partial charge in [0.05, 0.1) is 6.54 Å². The summed E-state index contributed by atoms with van der Waals surface area (Å²) in [5.41, 5.74) is 9.72. The van der Waals surface area contributed by atoms with Gasteiger partial charge in [0.25, 0.3) is 0 Å². The second kappa shape index (κ2) is 5.55. The first-order chi connectivity index (χ1) is 9.75. The zero-order valence-corrected chi connectivity index (χ0v) is 11.8. The Hall–Kier alpha value is -2.00. The van der Waals surface area contributed by atoms with E-state index < -0.39 is 0 Å². The van der Waals surface area contributed by atoms with Gasteiger partial charge in [0.2, 0.25) is 0 Å². The van der Waals surface area contributed by atoms with Crippen molar-refractivity contribution < 1.29 is 4.74 Å². The predicted molar refractivity (Wildman–Crippen MR) is 82.0 cm³/mol. The predicted octanol–water partition coefficient (Wildman–Crippen LogP) is 3.11. The minimum atomic E-state index is 0.0330. The number of hydrogen-bond donors (Lipinski definition) is 1. The second-order valence-corrected chi connectivity index (χ2v) is 5.23. The molecular weight excluding hydrogens is 248 g/mol. The van der Waals surface area contributed by atoms with Gasteiger partial charge in [-0.2, -0.15) is 0 Å². The first kappa shape index (κ1) is 13.0. The summed E-state index contributed by atoms with van der Waals surface area (Å²) in [6.07, 6.45) is 0. The third-order valence-corrected chi connectivity index (χ3v) is 3.72. The van der Waals surface area contributed by atoms with E-state index in [1.807, 2.05) is 25.1 Å². The van der Waals surface area contributed by atoms with Crippen LogP contribution in [-0.4, -0.2) is 13.2 Å². The summed E-state index contributed by atoms with van der Waals surface area (Å²) >= 11 is 0. The van der Waals surface area contributed by atoms with Crippen molar-refractivity contribution in [3.63, 3.8) is 0 Å². The summed E-state index contributed by atoms with van der Waals surface area (Å²) in [4.78, 5) is 2.35. The van der Waals surface area contributed by atoms with Crippen LogP contribution in [0.25, 0.3) is 0 Å². The van der Waals surface area contributed by atoms with E-state index in [1.54, 1.807) is 0 Å². The highest BCUT2D eigenvalue weighted by Crippen LogP contribution is 2.30. The molecule has 0 saturated carbocycles. The molecule has 2 aromatic carbocycles. The topological polar surface area (TPSA) is 38.5 Å². The summed E-state index contributed by atoms with van der Waals surface area (Å²) < 4.78 is 5.83. The maximum Gasteiger partial charge on any atom is 0.124 e. The summed E-state index contributed by atoms with van der Waals surface area (Å²) in [5.74, 6) is 0.994. The second-order valence-electron chi connectivity index (χ2n) is 5.23. The number of ether oxygens (including phenoxy) is 1. The molecule has 0 aromatic heterocycles. The van der Waals surface area contributed by atoms with E-state index >= 15 is 0 Å². The number of benzene rings is 2. The quantitative estimate of drug-likeness (QED) is 0.909. The molecule has 0 spiro atoms. The lowest BCUT2D eigenvalue weighted by Crippen LogP contribution is -2.27. The molecule has 20 heavy (non-hydrogen) atoms. The van der Waals surface area contributed by atoms with E-state index in [2.05, 4.69) is 35.2 Å². The van der Waals surface area contributed by atoms with Crippen LogP contribution < -0.4 is 15.4 Å². The van der Waals surface area contributed by atoms with Crippen LogP contribution in [0.15, 0.2) is 48.5 Å². The van der Waals surface area contributed by atoms with Gasteiger partial charge in [0.1, 0.15) is 12.4 Å². The zero-order chi connectivity index (χ0) is 13.9. The van der Waals surface area contributed by atoms with Gasteiger partial charge in [0.15, 0.2) is 0 Å². The Morgan fingerprint density at radius 2 is 1.85 bits per heavy atom. The highest BCUT2D eigenvalue weighted by atomic mass is 16.5. The van der Waals surface area contributed by atoms with Crippen molar-refractivity contribution >= 4 is 5.69 Å². The number of para-hydroxylation sites is 2. The number of nitrogens with two attached hydrogens (primary N) is 1. The Bertz CT molecular complexity index is 595. The molecule has 1 aliphatic heterocycles. The number of hydrogen-bond acceptors (Lipinski definition) is 3. The Kier molecular flexibility index (Phi) is 3.61. The van der Waals surface area contributed by atoms with Gasteiger partial charge >= 0.3 is 0 Å². The lowest BCUT2D eigenvalue weighted by Gasteiger charge is -2.26. The third-order valence-electron chi connectivity index (χ3n) is 3.72. The molecule has 2 aromatic rings. The minimum absolute atomic E-state index is 0.0330. The fourth-order valence-electron chi connectivity index (χ4n) is 2.69. The first-order valence-corrected chi connectivity index (χ1v) is 7.06. The van der Waals surface area contributed by atoms with E-state index in [9.17, 15) is 0 Å². The fourth-order valence-corrected chi connectivity index (χ4v) is 2.69. The van der Waals surface area contributed by atoms with Gasteiger partial charge in [-0.15, -0.1) is 0 Å². The van der Waals surface area contributed by atoms with Crippen molar-refractivity contribution in [1.82, 2.24) is 0 Å². The van der Waals surface area contributed by atoms with Crippen molar-refractivity contribution in [3.8, 4) is 5.75 Å². The monoisotopic (exact) mass is 268 g/mol. The Labute approximate surface area is 120 Å². The maximum absolute atomic E-state index is 6.10. The van der Waals surface area contributed by atoms with Gasteiger partial charge in [0, 0.05) is 23.8 Å². The van der Waals surface area contributed by atoms with Gasteiger partial charge < -0.3 is 15.4 Å². The number of rotatable bonds is 2. The molecule has 0 bridgehead atoms. The SMILES string of the molecule is C[C@H](N)c1ccccc1N1CCOc2ccccc2C1. The lowest BCUT2D eigenvalue weighted by atomic mass is 10.1. The molecule has 1 aliphatic rings. The zero-order valence-electron chi connectivity index (χ0n) is 11.8. The molecule has 0 radical (unpaired) electrons. The molecule has 2 N–H and O–H groups in total. The standard InChI is InChI=1S/C17H20N2O/c1-13(18)15-7-3-4-8-16(15)19-10-11-20-17-9-5-2-6-14(17)12-19/h2-9,13H,10-12,18H2,1H3/t13-/m0/s1. The average Bonchev–Trinajstić information content (AvgIpc) is 2.69. The van der Waals surface area contributed by atoms with E-state index in [1.165, 1.54) is 16.8 Å². The lowest BCUT2D eigenvalue weighted by molar-refractivity contribution is 0.331. The maximum atomic E-state index is 6.10. The molecular formula is C17H20N2O. The molecule has 3 nitrogen and oxygen atoms in total. The van der Waals surface area contributed by atoms with Gasteiger partial charge in [-0.05, 0) is 24.6 Å². The molecule has 0 amide bonds. The normalized spacial score (nSPS) is 16.0. The highest BCUT2D eigenvalue weighted by molar-refractivity contribution is 5.56. The van der Waals surface area contributed by atoms with Crippen molar-refractivity contribution in [3.05, 3.63) is 59.7 Å². The number of anilines is 1. The van der Waals surface area contributed by atoms with Crippen molar-refractivity contribution in [2.24, 2.45) is 5.73 Å². The van der Waals surface area contributed by atoms with Crippen molar-refractivity contribution in [2.45, 2.75) is 19.5 Å². The molecule has 1 atom stereocenters. The van der Waals surface area contributed by atoms with Gasteiger partial charge in [-0.3, -0.25) is 0 Å². The van der Waals surface area contributed by atoms with E-state index in [0.717, 1.165) is 18.8 Å². The van der Waals surface area contributed by atoms with Crippen LogP contribution in [0.2, 0.25) is 0 Å². The summed E-state index contributed by atoms with van der Waals surface area (Å²) in [7, 11) is 0. The van der Waals surface area contributed by atoms with Crippen LogP contribution in [0, 0.1) is 0 Å². The molecule has 0 saturated heterocycles. The van der Waals surface area contributed by atoms with Crippen LogP contribution in [0.4, 0.5) is 5.69 Å². The largest absolute Gasteiger partial charge is 0.491 e. The first-order valence-electron chi connectivity index (χ1n) is 7.06. The summed E-state index contributed by atoms with van der Waals surface area (Å²) in [6, 6.07) is 16.6. The van der Waals surface area contributed by atoms with E-state index in [4.69, 9.17) is 10.5 Å². The van der Waals surface area contributed by atoms with Crippen LogP contribution in [0.5, 0.6) is 5.75 Å². The van der Waals surface area contributed by atoms with Gasteiger partial charge in [-0.25, -0.2) is 0 Å². The molecule has 104 valence electrons. The molecule has 1 heterocycles. The van der Waals surface area contributed by atoms with E-state index in [0.29, 0.717) is 6.61 Å². The highest BCUT2D eigenvalue weighted by Gasteiger charge is 2.18. The number of fused-ring (bicyclic) bond motifs is 1. The Morgan fingerprint density at radius 1 is 1.10 bits per heavy atom. The molecule has 3 rings (SSSR count). The average molecular weight is 268 g/mol. The minimum Gasteiger partial charge on any atom is -0.491 e. The Morgan fingerprint density at radius 3 is 2.70 bits per heavy atom. The van der Waals surface area contributed by atoms with Gasteiger partial charge in [-0.1, -0.05) is 36.4 Å². The molecule has 3 heteroatoms. The van der Waals surface area contributed by atoms with Crippen LogP contribution in [-0.2, 0) is 6.54 Å². The Balaban J connectivity index is 1.96. The molecule has 0 aliphatic carbocycles.